The Morgan fingerprint density at radius 2 is 1.86 bits per heavy atom. The molecule has 0 aliphatic rings. The molecule has 0 radical (unpaired) electrons. The van der Waals surface area contributed by atoms with E-state index in [9.17, 15) is 21.6 Å². The third kappa shape index (κ3) is 3.43. The Kier molecular flexibility index (Phi) is 3.77. The summed E-state index contributed by atoms with van der Waals surface area (Å²) in [5.41, 5.74) is 4.54. The van der Waals surface area contributed by atoms with E-state index in [1.165, 1.54) is 18.3 Å². The van der Waals surface area contributed by atoms with Crippen molar-refractivity contribution in [3.05, 3.63) is 48.2 Å². The minimum atomic E-state index is -4.63. The minimum absolute atomic E-state index is 0.0630. The molecule has 0 saturated carbocycles. The largest absolute Gasteiger partial charge is 0.416 e. The first-order chi connectivity index (χ1) is 9.70. The number of hydrogen-bond acceptors (Lipinski definition) is 4. The van der Waals surface area contributed by atoms with Gasteiger partial charge in [-0.3, -0.25) is 4.72 Å². The highest BCUT2D eigenvalue weighted by Crippen LogP contribution is 2.31. The predicted octanol–water partition coefficient (Wildman–Crippen LogP) is 2.48. The average molecular weight is 317 g/mol. The summed E-state index contributed by atoms with van der Waals surface area (Å²) in [4.78, 5) is 3.20. The summed E-state index contributed by atoms with van der Waals surface area (Å²) in [6, 6.07) is 6.31. The van der Waals surface area contributed by atoms with Gasteiger partial charge in [0.15, 0.2) is 5.82 Å². The molecule has 5 nitrogen and oxygen atoms in total. The van der Waals surface area contributed by atoms with Crippen LogP contribution in [-0.2, 0) is 16.2 Å². The van der Waals surface area contributed by atoms with Crippen molar-refractivity contribution >= 4 is 21.5 Å². The topological polar surface area (TPSA) is 85.1 Å². The third-order valence-electron chi connectivity index (χ3n) is 2.54. The van der Waals surface area contributed by atoms with E-state index >= 15 is 0 Å². The van der Waals surface area contributed by atoms with Gasteiger partial charge in [-0.15, -0.1) is 0 Å². The van der Waals surface area contributed by atoms with Crippen molar-refractivity contribution in [2.75, 3.05) is 10.5 Å². The molecule has 0 aliphatic heterocycles. The van der Waals surface area contributed by atoms with Gasteiger partial charge in [-0.25, -0.2) is 13.4 Å². The molecule has 3 N–H and O–H groups in total. The van der Waals surface area contributed by atoms with Crippen LogP contribution in [0.25, 0.3) is 0 Å². The fourth-order valence-electron chi connectivity index (χ4n) is 1.53. The lowest BCUT2D eigenvalue weighted by atomic mass is 10.2. The predicted molar refractivity (Wildman–Crippen MR) is 70.9 cm³/mol. The molecule has 0 atom stereocenters. The number of nitrogens with zero attached hydrogens (tertiary/aromatic N) is 1. The average Bonchev–Trinajstić information content (AvgIpc) is 2.40. The molecule has 1 aromatic heterocycles. The summed E-state index contributed by atoms with van der Waals surface area (Å²) < 4.78 is 64.0. The lowest BCUT2D eigenvalue weighted by Gasteiger charge is -2.11. The van der Waals surface area contributed by atoms with Crippen LogP contribution in [-0.4, -0.2) is 13.4 Å². The summed E-state index contributed by atoms with van der Waals surface area (Å²) in [5, 5.41) is 0. The molecule has 1 aromatic carbocycles. The number of hydrogen-bond donors (Lipinski definition) is 2. The van der Waals surface area contributed by atoms with Crippen molar-refractivity contribution in [3.8, 4) is 0 Å². The van der Waals surface area contributed by atoms with Crippen LogP contribution in [0.1, 0.15) is 5.56 Å². The van der Waals surface area contributed by atoms with Crippen molar-refractivity contribution in [3.63, 3.8) is 0 Å². The fraction of sp³-hybridized carbons (Fsp3) is 0.0833. The van der Waals surface area contributed by atoms with Crippen LogP contribution < -0.4 is 10.5 Å². The number of anilines is 2. The van der Waals surface area contributed by atoms with Gasteiger partial charge in [-0.2, -0.15) is 13.2 Å². The molecular weight excluding hydrogens is 307 g/mol. The van der Waals surface area contributed by atoms with Crippen LogP contribution in [0.3, 0.4) is 0 Å². The molecular formula is C12H10F3N3O2S. The number of rotatable bonds is 3. The number of nitrogens with two attached hydrogens (primary N) is 1. The highest BCUT2D eigenvalue weighted by atomic mass is 32.2. The molecule has 21 heavy (non-hydrogen) atoms. The van der Waals surface area contributed by atoms with Gasteiger partial charge in [0, 0.05) is 6.20 Å². The number of benzene rings is 1. The smallest absolute Gasteiger partial charge is 0.396 e. The van der Waals surface area contributed by atoms with E-state index in [0.717, 1.165) is 18.2 Å². The Hall–Kier alpha value is -2.29. The Balaban J connectivity index is 2.39. The first kappa shape index (κ1) is 15.1. The Bertz CT molecular complexity index is 760. The van der Waals surface area contributed by atoms with Gasteiger partial charge in [0.25, 0.3) is 10.0 Å². The van der Waals surface area contributed by atoms with E-state index in [1.807, 2.05) is 0 Å². The first-order valence-corrected chi connectivity index (χ1v) is 7.09. The lowest BCUT2D eigenvalue weighted by molar-refractivity contribution is -0.137. The zero-order valence-electron chi connectivity index (χ0n) is 10.4. The van der Waals surface area contributed by atoms with Gasteiger partial charge in [0.2, 0.25) is 0 Å². The molecule has 0 amide bonds. The molecule has 0 fully saturated rings. The van der Waals surface area contributed by atoms with E-state index in [-0.39, 0.29) is 11.5 Å². The van der Waals surface area contributed by atoms with E-state index in [0.29, 0.717) is 6.07 Å². The lowest BCUT2D eigenvalue weighted by Crippen LogP contribution is -2.16. The molecule has 2 rings (SSSR count). The number of aromatic nitrogens is 1. The minimum Gasteiger partial charge on any atom is -0.396 e. The number of sulfonamides is 1. The van der Waals surface area contributed by atoms with Crippen LogP contribution in [0, 0.1) is 0 Å². The van der Waals surface area contributed by atoms with Crippen molar-refractivity contribution < 1.29 is 21.6 Å². The van der Waals surface area contributed by atoms with Gasteiger partial charge >= 0.3 is 6.18 Å². The van der Waals surface area contributed by atoms with Gasteiger partial charge in [-0.1, -0.05) is 6.07 Å². The normalized spacial score (nSPS) is 12.1. The summed E-state index contributed by atoms with van der Waals surface area (Å²) in [7, 11) is -4.21. The van der Waals surface area contributed by atoms with Gasteiger partial charge in [-0.05, 0) is 30.3 Å². The standard InChI is InChI=1S/C12H10F3N3O2S/c13-12(14,15)8-3-1-4-9(7-8)21(19,20)18-11-10(16)5-2-6-17-11/h1-7H,16H2,(H,17,18). The fourth-order valence-corrected chi connectivity index (χ4v) is 2.61. The number of nitrogen functional groups attached to an aromatic ring is 1. The number of pyridine rings is 1. The van der Waals surface area contributed by atoms with Gasteiger partial charge < -0.3 is 5.73 Å². The Labute approximate surface area is 118 Å². The van der Waals surface area contributed by atoms with Crippen LogP contribution in [0.15, 0.2) is 47.5 Å². The zero-order chi connectivity index (χ0) is 15.7. The maximum Gasteiger partial charge on any atom is 0.416 e. The van der Waals surface area contributed by atoms with E-state index in [2.05, 4.69) is 9.71 Å². The second-order valence-corrected chi connectivity index (χ2v) is 5.75. The molecule has 0 spiro atoms. The number of halogens is 3. The van der Waals surface area contributed by atoms with Gasteiger partial charge in [0.05, 0.1) is 16.1 Å². The highest BCUT2D eigenvalue weighted by molar-refractivity contribution is 7.92. The van der Waals surface area contributed by atoms with Crippen LogP contribution in [0.2, 0.25) is 0 Å². The summed E-state index contributed by atoms with van der Waals surface area (Å²) in [5.74, 6) is -0.144. The maximum absolute atomic E-state index is 12.6. The van der Waals surface area contributed by atoms with Crippen LogP contribution in [0.5, 0.6) is 0 Å². The molecule has 2 aromatic rings. The number of alkyl halides is 3. The molecule has 0 bridgehead atoms. The molecule has 9 heteroatoms. The molecule has 112 valence electrons. The molecule has 1 heterocycles. The van der Waals surface area contributed by atoms with Crippen molar-refractivity contribution in [1.82, 2.24) is 4.98 Å². The van der Waals surface area contributed by atoms with E-state index < -0.39 is 26.7 Å². The zero-order valence-corrected chi connectivity index (χ0v) is 11.2. The second-order valence-electron chi connectivity index (χ2n) is 4.07. The maximum atomic E-state index is 12.6. The first-order valence-electron chi connectivity index (χ1n) is 5.61. The number of nitrogens with one attached hydrogen (secondary N) is 1. The van der Waals surface area contributed by atoms with Crippen LogP contribution in [0.4, 0.5) is 24.7 Å². The van der Waals surface area contributed by atoms with Crippen molar-refractivity contribution in [2.45, 2.75) is 11.1 Å². The molecule has 0 aliphatic carbocycles. The molecule has 0 unspecified atom stereocenters. The van der Waals surface area contributed by atoms with Gasteiger partial charge in [0.1, 0.15) is 0 Å². The Morgan fingerprint density at radius 1 is 1.14 bits per heavy atom. The molecule has 0 saturated heterocycles. The third-order valence-corrected chi connectivity index (χ3v) is 3.88. The highest BCUT2D eigenvalue weighted by Gasteiger charge is 2.31. The van der Waals surface area contributed by atoms with E-state index in [4.69, 9.17) is 5.73 Å². The monoisotopic (exact) mass is 317 g/mol. The van der Waals surface area contributed by atoms with E-state index in [1.54, 1.807) is 0 Å². The van der Waals surface area contributed by atoms with Crippen molar-refractivity contribution in [2.24, 2.45) is 0 Å². The summed E-state index contributed by atoms with van der Waals surface area (Å²) in [6.07, 6.45) is -3.32. The SMILES string of the molecule is Nc1cccnc1NS(=O)(=O)c1cccc(C(F)(F)F)c1. The second kappa shape index (κ2) is 5.24. The quantitative estimate of drug-likeness (QED) is 0.911. The summed E-state index contributed by atoms with van der Waals surface area (Å²) in [6.45, 7) is 0. The van der Waals surface area contributed by atoms with Crippen molar-refractivity contribution in [1.29, 1.82) is 0 Å². The van der Waals surface area contributed by atoms with Crippen LogP contribution >= 0.6 is 0 Å². The summed E-state index contributed by atoms with van der Waals surface area (Å²) >= 11 is 0. The Morgan fingerprint density at radius 3 is 2.48 bits per heavy atom.